The summed E-state index contributed by atoms with van der Waals surface area (Å²) >= 11 is 2.78. The number of amides is 1. The molecule has 0 saturated heterocycles. The number of nitrogens with one attached hydrogen (secondary N) is 1. The average Bonchev–Trinajstić information content (AvgIpc) is 2.84. The van der Waals surface area contributed by atoms with Crippen molar-refractivity contribution >= 4 is 40.8 Å². The van der Waals surface area contributed by atoms with E-state index in [2.05, 4.69) is 11.4 Å². The smallest absolute Gasteiger partial charge is 0.269 e. The van der Waals surface area contributed by atoms with Crippen LogP contribution >= 0.6 is 23.5 Å². The molecule has 1 amide bonds. The first kappa shape index (κ1) is 24.8. The fraction of sp³-hybridized carbons (Fsp3) is 0.269. The minimum atomic E-state index is -0.421. The zero-order valence-electron chi connectivity index (χ0n) is 19.0. The van der Waals surface area contributed by atoms with Gasteiger partial charge in [0.25, 0.3) is 5.69 Å². The Kier molecular flexibility index (Phi) is 8.40. The van der Waals surface area contributed by atoms with Crippen molar-refractivity contribution in [2.75, 3.05) is 11.1 Å². The van der Waals surface area contributed by atoms with Gasteiger partial charge in [0.15, 0.2) is 0 Å². The summed E-state index contributed by atoms with van der Waals surface area (Å²) in [5, 5.41) is 23.9. The van der Waals surface area contributed by atoms with E-state index in [1.165, 1.54) is 54.1 Å². The number of nitriles is 1. The van der Waals surface area contributed by atoms with Gasteiger partial charge >= 0.3 is 0 Å². The number of carbonyl (C=O) groups excluding carboxylic acids is 1. The summed E-state index contributed by atoms with van der Waals surface area (Å²) in [6.45, 7) is 0. The summed E-state index contributed by atoms with van der Waals surface area (Å²) in [4.78, 5) is 29.5. The van der Waals surface area contributed by atoms with Crippen LogP contribution in [0.1, 0.15) is 42.5 Å². The van der Waals surface area contributed by atoms with Gasteiger partial charge in [-0.05, 0) is 73.7 Å². The Balaban J connectivity index is 1.33. The number of nitro groups is 1. The van der Waals surface area contributed by atoms with Crippen LogP contribution in [-0.2, 0) is 17.6 Å². The van der Waals surface area contributed by atoms with Gasteiger partial charge in [-0.15, -0.1) is 0 Å². The normalized spacial score (nSPS) is 13.1. The van der Waals surface area contributed by atoms with Crippen molar-refractivity contribution in [3.8, 4) is 6.07 Å². The van der Waals surface area contributed by atoms with Crippen molar-refractivity contribution in [2.45, 2.75) is 53.3 Å². The minimum Gasteiger partial charge on any atom is -0.325 e. The van der Waals surface area contributed by atoms with Gasteiger partial charge in [-0.25, -0.2) is 4.98 Å². The second-order valence-electron chi connectivity index (χ2n) is 8.19. The molecule has 1 heterocycles. The number of aryl methyl sites for hydroxylation is 2. The first-order valence-corrected chi connectivity index (χ1v) is 13.2. The lowest BCUT2D eigenvalue weighted by Gasteiger charge is -2.15. The number of fused-ring (bicyclic) bond motifs is 1. The number of non-ortho nitro benzene ring substituents is 1. The molecule has 3 aromatic rings. The van der Waals surface area contributed by atoms with Crippen LogP contribution in [0.3, 0.4) is 0 Å². The predicted molar refractivity (Wildman–Crippen MR) is 138 cm³/mol. The quantitative estimate of drug-likeness (QED) is 0.225. The molecule has 0 aliphatic heterocycles. The van der Waals surface area contributed by atoms with Crippen LogP contribution in [0.25, 0.3) is 0 Å². The molecule has 0 fully saturated rings. The number of anilines is 1. The van der Waals surface area contributed by atoms with E-state index in [4.69, 9.17) is 4.98 Å². The van der Waals surface area contributed by atoms with Gasteiger partial charge in [-0.1, -0.05) is 36.4 Å². The Labute approximate surface area is 212 Å². The summed E-state index contributed by atoms with van der Waals surface area (Å²) in [7, 11) is 0. The molecule has 0 spiro atoms. The van der Waals surface area contributed by atoms with Crippen molar-refractivity contribution < 1.29 is 9.72 Å². The van der Waals surface area contributed by atoms with Gasteiger partial charge in [0, 0.05) is 33.3 Å². The van der Waals surface area contributed by atoms with E-state index >= 15 is 0 Å². The van der Waals surface area contributed by atoms with E-state index in [-0.39, 0.29) is 17.3 Å². The molecule has 7 nitrogen and oxygen atoms in total. The second-order valence-corrected chi connectivity index (χ2v) is 10.3. The molecule has 9 heteroatoms. The number of rotatable bonds is 7. The molecule has 0 atom stereocenters. The predicted octanol–water partition coefficient (Wildman–Crippen LogP) is 6.40. The number of carbonyl (C=O) groups is 1. The highest BCUT2D eigenvalue weighted by molar-refractivity contribution is 8.00. The Hall–Kier alpha value is -3.35. The fourth-order valence-corrected chi connectivity index (χ4v) is 5.46. The fourth-order valence-electron chi connectivity index (χ4n) is 3.87. The van der Waals surface area contributed by atoms with Crippen LogP contribution in [0, 0.1) is 21.4 Å². The van der Waals surface area contributed by atoms with Gasteiger partial charge in [0.2, 0.25) is 5.91 Å². The molecule has 2 aromatic carbocycles. The average molecular weight is 505 g/mol. The third-order valence-electron chi connectivity index (χ3n) is 5.65. The van der Waals surface area contributed by atoms with Crippen LogP contribution < -0.4 is 5.32 Å². The maximum atomic E-state index is 12.5. The lowest BCUT2D eigenvalue weighted by Crippen LogP contribution is -2.14. The number of nitro benzene ring substituents is 1. The third kappa shape index (κ3) is 6.84. The molecule has 178 valence electrons. The van der Waals surface area contributed by atoms with Crippen molar-refractivity contribution in [3.63, 3.8) is 0 Å². The third-order valence-corrected chi connectivity index (χ3v) is 7.65. The second kappa shape index (κ2) is 11.9. The van der Waals surface area contributed by atoms with Gasteiger partial charge in [-0.3, -0.25) is 14.9 Å². The zero-order valence-corrected chi connectivity index (χ0v) is 20.7. The summed E-state index contributed by atoms with van der Waals surface area (Å²) in [5.74, 6) is 0.00273. The van der Waals surface area contributed by atoms with E-state index in [9.17, 15) is 20.2 Å². The molecule has 0 unspecified atom stereocenters. The molecule has 1 aliphatic rings. The number of pyridine rings is 1. The highest BCUT2D eigenvalue weighted by Crippen LogP contribution is 2.30. The van der Waals surface area contributed by atoms with Gasteiger partial charge in [-0.2, -0.15) is 5.26 Å². The molecule has 1 aliphatic carbocycles. The van der Waals surface area contributed by atoms with E-state index in [1.807, 2.05) is 30.3 Å². The van der Waals surface area contributed by atoms with Crippen molar-refractivity contribution in [3.05, 3.63) is 81.5 Å². The molecule has 1 N–H and O–H groups in total. The highest BCUT2D eigenvalue weighted by Gasteiger charge is 2.15. The van der Waals surface area contributed by atoms with E-state index < -0.39 is 4.92 Å². The van der Waals surface area contributed by atoms with E-state index in [1.54, 1.807) is 12.1 Å². The molecule has 0 bridgehead atoms. The number of hydrogen-bond acceptors (Lipinski definition) is 7. The lowest BCUT2D eigenvalue weighted by atomic mass is 9.96. The molecule has 0 saturated carbocycles. The summed E-state index contributed by atoms with van der Waals surface area (Å²) in [6.07, 6.45) is 6.53. The number of hydrogen-bond donors (Lipinski definition) is 1. The SMILES string of the molecule is N#Cc1cc2c(nc1SCC(=O)Nc1ccc(Sc3ccc([N+](=O)[O-])cc3)cc1)CCCCCC2. The summed E-state index contributed by atoms with van der Waals surface area (Å²) in [5.41, 5.74) is 3.50. The molecule has 4 rings (SSSR count). The molecule has 35 heavy (non-hydrogen) atoms. The van der Waals surface area contributed by atoms with Crippen molar-refractivity contribution in [2.24, 2.45) is 0 Å². The molecule has 1 aromatic heterocycles. The first-order chi connectivity index (χ1) is 17.0. The number of nitrogens with zero attached hydrogens (tertiary/aromatic N) is 3. The first-order valence-electron chi connectivity index (χ1n) is 11.4. The summed E-state index contributed by atoms with van der Waals surface area (Å²) < 4.78 is 0. The number of aromatic nitrogens is 1. The Morgan fingerprint density at radius 2 is 1.69 bits per heavy atom. The Bertz CT molecular complexity index is 1260. The maximum Gasteiger partial charge on any atom is 0.269 e. The maximum absolute atomic E-state index is 12.5. The molecule has 0 radical (unpaired) electrons. The van der Waals surface area contributed by atoms with Gasteiger partial charge in [0.05, 0.1) is 16.2 Å². The van der Waals surface area contributed by atoms with Gasteiger partial charge < -0.3 is 5.32 Å². The van der Waals surface area contributed by atoms with Gasteiger partial charge in [0.1, 0.15) is 11.1 Å². The molecular formula is C26H24N4O3S2. The van der Waals surface area contributed by atoms with Crippen LogP contribution in [0.2, 0.25) is 0 Å². The highest BCUT2D eigenvalue weighted by atomic mass is 32.2. The lowest BCUT2D eigenvalue weighted by molar-refractivity contribution is -0.384. The zero-order chi connectivity index (χ0) is 24.6. The summed E-state index contributed by atoms with van der Waals surface area (Å²) in [6, 6.07) is 18.0. The molecular weight excluding hydrogens is 480 g/mol. The van der Waals surface area contributed by atoms with E-state index in [0.717, 1.165) is 41.2 Å². The van der Waals surface area contributed by atoms with E-state index in [0.29, 0.717) is 16.3 Å². The van der Waals surface area contributed by atoms with Crippen molar-refractivity contribution in [1.82, 2.24) is 4.98 Å². The number of thioether (sulfide) groups is 1. The largest absolute Gasteiger partial charge is 0.325 e. The van der Waals surface area contributed by atoms with Crippen LogP contribution in [-0.4, -0.2) is 21.6 Å². The van der Waals surface area contributed by atoms with Crippen LogP contribution in [0.15, 0.2) is 69.4 Å². The van der Waals surface area contributed by atoms with Crippen LogP contribution in [0.4, 0.5) is 11.4 Å². The standard InChI is InChI=1S/C26H24N4O3S2/c27-16-19-15-18-5-3-1-2-4-6-24(18)29-26(19)34-17-25(31)28-20-7-11-22(12-8-20)35-23-13-9-21(10-14-23)30(32)33/h7-15H,1-6,17H2,(H,28,31). The number of benzene rings is 2. The van der Waals surface area contributed by atoms with Crippen LogP contribution in [0.5, 0.6) is 0 Å². The topological polar surface area (TPSA) is 109 Å². The Morgan fingerprint density at radius 1 is 1.03 bits per heavy atom. The minimum absolute atomic E-state index is 0.0590. The monoisotopic (exact) mass is 504 g/mol. The van der Waals surface area contributed by atoms with Crippen molar-refractivity contribution in [1.29, 1.82) is 5.26 Å². The Morgan fingerprint density at radius 3 is 2.34 bits per heavy atom.